The van der Waals surface area contributed by atoms with Gasteiger partial charge in [0.15, 0.2) is 0 Å². The van der Waals surface area contributed by atoms with Crippen molar-refractivity contribution >= 4 is 28.6 Å². The molecule has 0 atom stereocenters. The lowest BCUT2D eigenvalue weighted by Gasteiger charge is -0.947. The highest BCUT2D eigenvalue weighted by Gasteiger charge is 1.12. The smallest absolute Gasteiger partial charge is 0.168 e. The standard InChI is InChI=1S/BrH.O2S/c;1-3-2/h1H;. The highest BCUT2D eigenvalue weighted by Crippen LogP contribution is 0.847. The van der Waals surface area contributed by atoms with Crippen LogP contribution >= 0.6 is 17.0 Å². The van der Waals surface area contributed by atoms with Gasteiger partial charge in [0.1, 0.15) is 0 Å². The van der Waals surface area contributed by atoms with Crippen molar-refractivity contribution in [2.24, 2.45) is 0 Å². The van der Waals surface area contributed by atoms with Crippen molar-refractivity contribution in [3.8, 4) is 0 Å². The molecule has 0 aliphatic rings. The van der Waals surface area contributed by atoms with Gasteiger partial charge in [-0.3, -0.25) is 0 Å². The van der Waals surface area contributed by atoms with Crippen molar-refractivity contribution in [1.82, 2.24) is 0 Å². The lowest BCUT2D eigenvalue weighted by Crippen LogP contribution is -1.18. The van der Waals surface area contributed by atoms with Crippen LogP contribution in [0.1, 0.15) is 0 Å². The molecular weight excluding hydrogens is 144 g/mol. The van der Waals surface area contributed by atoms with Crippen LogP contribution < -0.4 is 0 Å². The van der Waals surface area contributed by atoms with Crippen LogP contribution in [0.5, 0.6) is 0 Å². The minimum atomic E-state index is -0.750. The van der Waals surface area contributed by atoms with Crippen LogP contribution in [0.2, 0.25) is 0 Å². The molecular formula is HBrO2S. The Labute approximate surface area is 37.6 Å². The largest absolute Gasteiger partial charge is 0.335 e. The van der Waals surface area contributed by atoms with Gasteiger partial charge < -0.3 is 0 Å². The second-order valence-corrected chi connectivity index (χ2v) is 0.204. The van der Waals surface area contributed by atoms with Crippen LogP contribution in [0.15, 0.2) is 0 Å². The normalized spacial score (nSPS) is 3.00. The van der Waals surface area contributed by atoms with Gasteiger partial charge >= 0.3 is 11.6 Å². The summed E-state index contributed by atoms with van der Waals surface area (Å²) in [5.74, 6) is 0. The fraction of sp³-hybridized carbons (Fsp3) is 0. The van der Waals surface area contributed by atoms with Gasteiger partial charge in [0.25, 0.3) is 0 Å². The van der Waals surface area contributed by atoms with Crippen LogP contribution in [-0.2, 0) is 11.6 Å². The number of rotatable bonds is 0. The van der Waals surface area contributed by atoms with Gasteiger partial charge in [-0.1, -0.05) is 0 Å². The summed E-state index contributed by atoms with van der Waals surface area (Å²) in [5.41, 5.74) is 0. The Morgan fingerprint density at radius 3 is 1.25 bits per heavy atom. The summed E-state index contributed by atoms with van der Waals surface area (Å²) in [5, 5.41) is 0. The van der Waals surface area contributed by atoms with Crippen LogP contribution in [0.4, 0.5) is 0 Å². The fourth-order valence-corrected chi connectivity index (χ4v) is 0. The lowest BCUT2D eigenvalue weighted by atomic mass is 15.9. The summed E-state index contributed by atoms with van der Waals surface area (Å²) in [4.78, 5) is 0. The van der Waals surface area contributed by atoms with Gasteiger partial charge in [0.2, 0.25) is 0 Å². The molecule has 0 aromatic rings. The molecule has 0 saturated heterocycles. The molecule has 0 aliphatic carbocycles. The monoisotopic (exact) mass is 144 g/mol. The van der Waals surface area contributed by atoms with Gasteiger partial charge in [-0.15, -0.1) is 17.0 Å². The third kappa shape index (κ3) is 43.2. The first-order chi connectivity index (χ1) is 1.41. The SMILES string of the molecule is Br.O=S=O. The first-order valence-electron chi connectivity index (χ1n) is 0.333. The second-order valence-electron chi connectivity index (χ2n) is 0.0680. The third-order valence-electron chi connectivity index (χ3n) is 0. The van der Waals surface area contributed by atoms with Crippen molar-refractivity contribution in [3.05, 3.63) is 0 Å². The van der Waals surface area contributed by atoms with E-state index in [2.05, 4.69) is 0 Å². The second kappa shape index (κ2) is 10.3. The van der Waals surface area contributed by atoms with Crippen LogP contribution in [0.25, 0.3) is 0 Å². The topological polar surface area (TPSA) is 34.1 Å². The quantitative estimate of drug-likeness (QED) is 0.477. The molecule has 0 N–H and O–H groups in total. The molecule has 0 aromatic heterocycles. The summed E-state index contributed by atoms with van der Waals surface area (Å²) >= 11 is -0.750. The van der Waals surface area contributed by atoms with Gasteiger partial charge in [0, 0.05) is 0 Å². The maximum atomic E-state index is 8.29. The zero-order valence-corrected chi connectivity index (χ0v) is 4.16. The van der Waals surface area contributed by atoms with Crippen LogP contribution in [-0.4, -0.2) is 8.42 Å². The molecule has 26 valence electrons. The average molecular weight is 145 g/mol. The van der Waals surface area contributed by atoms with E-state index in [1.807, 2.05) is 0 Å². The Bertz CT molecular complexity index is 27.0. The average Bonchev–Trinajstić information content (AvgIpc) is 0.918. The third-order valence-corrected chi connectivity index (χ3v) is 0. The van der Waals surface area contributed by atoms with E-state index in [0.717, 1.165) is 0 Å². The highest BCUT2D eigenvalue weighted by molar-refractivity contribution is 8.93. The highest BCUT2D eigenvalue weighted by atomic mass is 79.9. The predicted octanol–water partition coefficient (Wildman–Crippen LogP) is -0.0923. The van der Waals surface area contributed by atoms with E-state index >= 15 is 0 Å². The van der Waals surface area contributed by atoms with Crippen molar-refractivity contribution in [3.63, 3.8) is 0 Å². The maximum absolute atomic E-state index is 8.29. The fourth-order valence-electron chi connectivity index (χ4n) is 0. The number of halogens is 1. The van der Waals surface area contributed by atoms with E-state index in [-0.39, 0.29) is 17.0 Å². The number of hydrogen-bond donors (Lipinski definition) is 0. The minimum Gasteiger partial charge on any atom is -0.168 e. The lowest BCUT2D eigenvalue weighted by molar-refractivity contribution is 0.630. The van der Waals surface area contributed by atoms with Gasteiger partial charge in [-0.2, -0.15) is 8.42 Å². The number of hydrogen-bond acceptors (Lipinski definition) is 2. The Morgan fingerprint density at radius 1 is 1.25 bits per heavy atom. The molecule has 0 bridgehead atoms. The molecule has 0 spiro atoms. The first-order valence-corrected chi connectivity index (χ1v) is 1.00. The molecule has 4 heteroatoms. The molecule has 0 amide bonds. The van der Waals surface area contributed by atoms with E-state index in [1.54, 1.807) is 0 Å². The van der Waals surface area contributed by atoms with Crippen molar-refractivity contribution in [2.75, 3.05) is 0 Å². The predicted molar refractivity (Wildman–Crippen MR) is 19.2 cm³/mol. The van der Waals surface area contributed by atoms with E-state index in [4.69, 9.17) is 8.42 Å². The molecule has 0 aromatic carbocycles. The maximum Gasteiger partial charge on any atom is 0.335 e. The van der Waals surface area contributed by atoms with Crippen LogP contribution in [0.3, 0.4) is 0 Å². The van der Waals surface area contributed by atoms with Gasteiger partial charge in [-0.05, 0) is 0 Å². The summed E-state index contributed by atoms with van der Waals surface area (Å²) < 4.78 is 16.6. The van der Waals surface area contributed by atoms with E-state index in [1.165, 1.54) is 0 Å². The van der Waals surface area contributed by atoms with E-state index < -0.39 is 11.6 Å². The Hall–Kier alpha value is 0.300. The van der Waals surface area contributed by atoms with Gasteiger partial charge in [-0.25, -0.2) is 0 Å². The Morgan fingerprint density at radius 2 is 1.25 bits per heavy atom. The molecule has 0 unspecified atom stereocenters. The Balaban J connectivity index is 0. The van der Waals surface area contributed by atoms with Gasteiger partial charge in [0.05, 0.1) is 0 Å². The summed E-state index contributed by atoms with van der Waals surface area (Å²) in [6, 6.07) is 0. The zero-order chi connectivity index (χ0) is 2.71. The summed E-state index contributed by atoms with van der Waals surface area (Å²) in [6.07, 6.45) is 0. The first kappa shape index (κ1) is 8.85. The van der Waals surface area contributed by atoms with Crippen molar-refractivity contribution in [2.45, 2.75) is 0 Å². The van der Waals surface area contributed by atoms with Crippen molar-refractivity contribution in [1.29, 1.82) is 0 Å². The van der Waals surface area contributed by atoms with Crippen molar-refractivity contribution < 1.29 is 8.42 Å². The van der Waals surface area contributed by atoms with Crippen LogP contribution in [0, 0.1) is 0 Å². The molecule has 0 rings (SSSR count). The summed E-state index contributed by atoms with van der Waals surface area (Å²) in [7, 11) is 0. The van der Waals surface area contributed by atoms with E-state index in [9.17, 15) is 0 Å². The molecule has 0 heterocycles. The minimum absolute atomic E-state index is 0. The summed E-state index contributed by atoms with van der Waals surface area (Å²) in [6.45, 7) is 0. The molecule has 2 nitrogen and oxygen atoms in total. The van der Waals surface area contributed by atoms with E-state index in [0.29, 0.717) is 0 Å². The Kier molecular flexibility index (Phi) is 22.9. The zero-order valence-electron chi connectivity index (χ0n) is 1.63. The molecule has 0 fully saturated rings. The molecule has 0 radical (unpaired) electrons. The molecule has 0 aliphatic heterocycles. The molecule has 0 saturated carbocycles. The molecule has 4 heavy (non-hydrogen) atoms.